The first-order valence-corrected chi connectivity index (χ1v) is 10.2. The van der Waals surface area contributed by atoms with Gasteiger partial charge in [-0.1, -0.05) is 42.1 Å². The molecule has 7 nitrogen and oxygen atoms in total. The molecule has 1 amide bonds. The maximum Gasteiger partial charge on any atom is 0.242 e. The Balaban J connectivity index is 1.54. The van der Waals surface area contributed by atoms with Crippen molar-refractivity contribution in [3.05, 3.63) is 66.0 Å². The first-order valence-electron chi connectivity index (χ1n) is 9.35. The van der Waals surface area contributed by atoms with Gasteiger partial charge in [0.05, 0.1) is 12.6 Å². The summed E-state index contributed by atoms with van der Waals surface area (Å²) < 4.78 is 20.5. The van der Waals surface area contributed by atoms with Gasteiger partial charge in [-0.05, 0) is 53.1 Å². The minimum Gasteiger partial charge on any atom is -0.376 e. The number of anilines is 1. The zero-order valence-corrected chi connectivity index (χ0v) is 16.4. The van der Waals surface area contributed by atoms with E-state index in [1.54, 1.807) is 4.68 Å². The van der Waals surface area contributed by atoms with Crippen molar-refractivity contribution >= 4 is 23.4 Å². The van der Waals surface area contributed by atoms with Gasteiger partial charge in [0.25, 0.3) is 0 Å². The molecule has 9 heteroatoms. The van der Waals surface area contributed by atoms with Gasteiger partial charge in [0.1, 0.15) is 11.1 Å². The predicted molar refractivity (Wildman–Crippen MR) is 107 cm³/mol. The van der Waals surface area contributed by atoms with Crippen LogP contribution in [0.25, 0.3) is 0 Å². The van der Waals surface area contributed by atoms with Crippen LogP contribution in [-0.2, 0) is 16.1 Å². The molecule has 1 saturated heterocycles. The van der Waals surface area contributed by atoms with E-state index in [2.05, 4.69) is 20.8 Å². The Hall–Kier alpha value is -2.78. The summed E-state index contributed by atoms with van der Waals surface area (Å²) in [5.74, 6) is -0.593. The second-order valence-electron chi connectivity index (χ2n) is 6.68. The van der Waals surface area contributed by atoms with E-state index in [9.17, 15) is 9.18 Å². The number of hydrogen-bond acceptors (Lipinski definition) is 6. The number of nitrogens with one attached hydrogen (secondary N) is 1. The first-order chi connectivity index (χ1) is 14.2. The molecule has 2 aromatic carbocycles. The summed E-state index contributed by atoms with van der Waals surface area (Å²) in [7, 11) is 0. The summed E-state index contributed by atoms with van der Waals surface area (Å²) in [5, 5.41) is 14.8. The fraction of sp³-hybridized carbons (Fsp3) is 0.300. The fourth-order valence-corrected chi connectivity index (χ4v) is 4.11. The Morgan fingerprint density at radius 1 is 1.24 bits per heavy atom. The largest absolute Gasteiger partial charge is 0.376 e. The van der Waals surface area contributed by atoms with Crippen LogP contribution in [-0.4, -0.2) is 38.8 Å². The number of rotatable bonds is 7. The van der Waals surface area contributed by atoms with Crippen molar-refractivity contribution in [2.75, 3.05) is 11.9 Å². The van der Waals surface area contributed by atoms with Crippen LogP contribution in [0.3, 0.4) is 0 Å². The number of benzene rings is 2. The summed E-state index contributed by atoms with van der Waals surface area (Å²) in [4.78, 5) is 13.1. The fourth-order valence-electron chi connectivity index (χ4n) is 3.12. The molecule has 150 valence electrons. The zero-order valence-electron chi connectivity index (χ0n) is 15.6. The minimum atomic E-state index is -0.574. The molecule has 0 spiro atoms. The van der Waals surface area contributed by atoms with Gasteiger partial charge >= 0.3 is 0 Å². The lowest BCUT2D eigenvalue weighted by Gasteiger charge is -2.17. The number of nitrogens with zero attached hydrogens (tertiary/aromatic N) is 4. The summed E-state index contributed by atoms with van der Waals surface area (Å²) >= 11 is 1.27. The number of hydrogen-bond donors (Lipinski definition) is 1. The van der Waals surface area contributed by atoms with Gasteiger partial charge in [-0.3, -0.25) is 4.79 Å². The molecule has 1 fully saturated rings. The summed E-state index contributed by atoms with van der Waals surface area (Å²) in [5.41, 5.74) is 1.35. The molecule has 2 atom stereocenters. The van der Waals surface area contributed by atoms with E-state index >= 15 is 0 Å². The van der Waals surface area contributed by atoms with Crippen LogP contribution in [0.5, 0.6) is 0 Å². The van der Waals surface area contributed by atoms with E-state index in [4.69, 9.17) is 4.74 Å². The van der Waals surface area contributed by atoms with E-state index < -0.39 is 5.25 Å². The van der Waals surface area contributed by atoms with Crippen LogP contribution in [0.2, 0.25) is 0 Å². The maximum absolute atomic E-state index is 13.2. The average Bonchev–Trinajstić information content (AvgIpc) is 3.41. The molecule has 1 aliphatic heterocycles. The van der Waals surface area contributed by atoms with Gasteiger partial charge in [0.15, 0.2) is 0 Å². The van der Waals surface area contributed by atoms with Gasteiger partial charge in [-0.25, -0.2) is 9.07 Å². The minimum absolute atomic E-state index is 0.0843. The second kappa shape index (κ2) is 9.15. The molecule has 4 rings (SSSR count). The highest BCUT2D eigenvalue weighted by molar-refractivity contribution is 8.00. The van der Waals surface area contributed by atoms with Crippen LogP contribution in [0.1, 0.15) is 23.7 Å². The lowest BCUT2D eigenvalue weighted by molar-refractivity contribution is -0.115. The maximum atomic E-state index is 13.2. The lowest BCUT2D eigenvalue weighted by atomic mass is 10.1. The van der Waals surface area contributed by atoms with Gasteiger partial charge in [-0.15, -0.1) is 5.10 Å². The third kappa shape index (κ3) is 4.99. The van der Waals surface area contributed by atoms with Crippen molar-refractivity contribution in [3.63, 3.8) is 0 Å². The molecule has 3 aromatic rings. The van der Waals surface area contributed by atoms with Crippen LogP contribution >= 0.6 is 11.8 Å². The molecule has 1 N–H and O–H groups in total. The van der Waals surface area contributed by atoms with Crippen LogP contribution < -0.4 is 5.32 Å². The number of thioether (sulfide) groups is 1. The van der Waals surface area contributed by atoms with Crippen molar-refractivity contribution in [1.82, 2.24) is 20.2 Å². The summed E-state index contributed by atoms with van der Waals surface area (Å²) in [6.07, 6.45) is 2.08. The lowest BCUT2D eigenvalue weighted by Crippen LogP contribution is -2.21. The number of carbonyl (C=O) groups excluding carboxylic acids is 1. The summed E-state index contributed by atoms with van der Waals surface area (Å²) in [6, 6.07) is 15.1. The van der Waals surface area contributed by atoms with Crippen LogP contribution in [0.15, 0.2) is 59.8 Å². The molecule has 1 aromatic heterocycles. The quantitative estimate of drug-likeness (QED) is 0.598. The third-order valence-electron chi connectivity index (χ3n) is 4.58. The predicted octanol–water partition coefficient (Wildman–Crippen LogP) is 3.46. The highest BCUT2D eigenvalue weighted by Gasteiger charge is 2.26. The van der Waals surface area contributed by atoms with Crippen molar-refractivity contribution in [1.29, 1.82) is 0 Å². The van der Waals surface area contributed by atoms with E-state index in [1.165, 1.54) is 36.0 Å². The number of aromatic nitrogens is 4. The van der Waals surface area contributed by atoms with Crippen molar-refractivity contribution in [3.8, 4) is 0 Å². The van der Waals surface area contributed by atoms with Gasteiger partial charge in [0, 0.05) is 12.3 Å². The van der Waals surface area contributed by atoms with Gasteiger partial charge < -0.3 is 10.1 Å². The van der Waals surface area contributed by atoms with Crippen molar-refractivity contribution in [2.45, 2.75) is 35.9 Å². The summed E-state index contributed by atoms with van der Waals surface area (Å²) in [6.45, 7) is 1.30. The third-order valence-corrected chi connectivity index (χ3v) is 5.80. The van der Waals surface area contributed by atoms with Crippen molar-refractivity contribution < 1.29 is 13.9 Å². The molecular formula is C20H20FN5O2S. The molecule has 2 heterocycles. The molecule has 0 saturated carbocycles. The topological polar surface area (TPSA) is 81.9 Å². The van der Waals surface area contributed by atoms with Crippen molar-refractivity contribution in [2.24, 2.45) is 0 Å². The second-order valence-corrected chi connectivity index (χ2v) is 7.76. The standard InChI is InChI=1S/C20H20FN5O2S/c21-15-8-10-16(11-9-15)22-19(27)18(14-5-2-1-3-6-14)29-20-23-24-25-26(20)13-17-7-4-12-28-17/h1-3,5-6,8-11,17-18H,4,7,12-13H2,(H,22,27). The monoisotopic (exact) mass is 413 g/mol. The normalized spacial score (nSPS) is 17.2. The SMILES string of the molecule is O=C(Nc1ccc(F)cc1)C(Sc1nnnn1CC1CCCO1)c1ccccc1. The smallest absolute Gasteiger partial charge is 0.242 e. The average molecular weight is 413 g/mol. The Morgan fingerprint density at radius 2 is 2.03 bits per heavy atom. The highest BCUT2D eigenvalue weighted by Crippen LogP contribution is 2.35. The van der Waals surface area contributed by atoms with Gasteiger partial charge in [0.2, 0.25) is 11.1 Å². The molecule has 29 heavy (non-hydrogen) atoms. The first kappa shape index (κ1) is 19.5. The molecule has 0 radical (unpaired) electrons. The zero-order chi connectivity index (χ0) is 20.1. The number of tetrazole rings is 1. The molecule has 0 bridgehead atoms. The number of halogens is 1. The molecule has 0 aliphatic carbocycles. The molecule has 2 unspecified atom stereocenters. The van der Waals surface area contributed by atoms with E-state index in [1.807, 2.05) is 30.3 Å². The number of carbonyl (C=O) groups is 1. The Labute approximate surface area is 171 Å². The van der Waals surface area contributed by atoms with E-state index in [0.29, 0.717) is 17.4 Å². The number of amides is 1. The Bertz CT molecular complexity index is 945. The molecular weight excluding hydrogens is 393 g/mol. The highest BCUT2D eigenvalue weighted by atomic mass is 32.2. The van der Waals surface area contributed by atoms with Crippen LogP contribution in [0, 0.1) is 5.82 Å². The van der Waals surface area contributed by atoms with Gasteiger partial charge in [-0.2, -0.15) is 0 Å². The Morgan fingerprint density at radius 3 is 2.76 bits per heavy atom. The Kier molecular flexibility index (Phi) is 6.16. The molecule has 1 aliphatic rings. The van der Waals surface area contributed by atoms with Crippen LogP contribution in [0.4, 0.5) is 10.1 Å². The number of ether oxygens (including phenoxy) is 1. The van der Waals surface area contributed by atoms with E-state index in [0.717, 1.165) is 25.0 Å². The van der Waals surface area contributed by atoms with E-state index in [-0.39, 0.29) is 17.8 Å².